The molecule has 0 saturated carbocycles. The van der Waals surface area contributed by atoms with Crippen molar-refractivity contribution in [1.82, 2.24) is 0 Å². The van der Waals surface area contributed by atoms with Crippen molar-refractivity contribution < 1.29 is 28.6 Å². The summed E-state index contributed by atoms with van der Waals surface area (Å²) in [5, 5.41) is 0. The van der Waals surface area contributed by atoms with Crippen molar-refractivity contribution in [2.24, 2.45) is 0 Å². The largest absolute Gasteiger partial charge is 0.462 e. The number of hydrogen-bond acceptors (Lipinski definition) is 6. The van der Waals surface area contributed by atoms with Gasteiger partial charge in [-0.05, 0) is 83.5 Å². The molecule has 0 aliphatic rings. The fourth-order valence-corrected chi connectivity index (χ4v) is 10.4. The van der Waals surface area contributed by atoms with E-state index in [0.717, 1.165) is 77.0 Å². The lowest BCUT2D eigenvalue weighted by atomic mass is 10.0. The summed E-state index contributed by atoms with van der Waals surface area (Å²) in [6.45, 7) is 6.54. The van der Waals surface area contributed by atoms with E-state index >= 15 is 0 Å². The SMILES string of the molecule is CC/C=C\C/C=C\C/C=C\C/C=C\C/C=C\CCCC(=O)OCC(COC(=O)CCCCCCCCCCCCCCCCC/C=C\CCCCCCCCCC)OC(=O)CCCCCCCCCCCCCCCCCCCCC. The van der Waals surface area contributed by atoms with Crippen LogP contribution in [0.1, 0.15) is 367 Å². The fraction of sp³-hybridized carbons (Fsp3) is 0.800. The molecular formula is C75H134O6. The molecule has 0 aromatic carbocycles. The van der Waals surface area contributed by atoms with Crippen molar-refractivity contribution in [1.29, 1.82) is 0 Å². The molecule has 6 heteroatoms. The van der Waals surface area contributed by atoms with Crippen LogP contribution in [0.4, 0.5) is 0 Å². The van der Waals surface area contributed by atoms with Gasteiger partial charge in [-0.15, -0.1) is 0 Å². The lowest BCUT2D eigenvalue weighted by molar-refractivity contribution is -0.167. The molecule has 0 rings (SSSR count). The fourth-order valence-electron chi connectivity index (χ4n) is 10.4. The summed E-state index contributed by atoms with van der Waals surface area (Å²) in [4.78, 5) is 38.4. The van der Waals surface area contributed by atoms with Gasteiger partial charge in [0, 0.05) is 19.3 Å². The van der Waals surface area contributed by atoms with Crippen LogP contribution in [0.25, 0.3) is 0 Å². The van der Waals surface area contributed by atoms with Gasteiger partial charge in [0.05, 0.1) is 0 Å². The second-order valence-electron chi connectivity index (χ2n) is 23.8. The highest BCUT2D eigenvalue weighted by Gasteiger charge is 2.19. The van der Waals surface area contributed by atoms with Gasteiger partial charge in [0.1, 0.15) is 13.2 Å². The van der Waals surface area contributed by atoms with Gasteiger partial charge >= 0.3 is 17.9 Å². The average molecular weight is 1130 g/mol. The summed E-state index contributed by atoms with van der Waals surface area (Å²) in [7, 11) is 0. The molecule has 0 fully saturated rings. The molecule has 0 radical (unpaired) electrons. The Balaban J connectivity index is 4.32. The lowest BCUT2D eigenvalue weighted by Crippen LogP contribution is -2.30. The Bertz CT molecular complexity index is 1490. The Morgan fingerprint density at radius 2 is 0.494 bits per heavy atom. The molecule has 0 bridgehead atoms. The topological polar surface area (TPSA) is 78.9 Å². The van der Waals surface area contributed by atoms with Gasteiger partial charge in [-0.25, -0.2) is 0 Å². The summed E-state index contributed by atoms with van der Waals surface area (Å²) in [6.07, 6.45) is 90.8. The van der Waals surface area contributed by atoms with Crippen LogP contribution in [0.15, 0.2) is 72.9 Å². The van der Waals surface area contributed by atoms with E-state index in [2.05, 4.69) is 93.7 Å². The monoisotopic (exact) mass is 1130 g/mol. The van der Waals surface area contributed by atoms with Crippen LogP contribution in [0.2, 0.25) is 0 Å². The molecular weight excluding hydrogens is 997 g/mol. The Morgan fingerprint density at radius 1 is 0.259 bits per heavy atom. The first-order valence-electron chi connectivity index (χ1n) is 35.4. The molecule has 0 saturated heterocycles. The standard InChI is InChI=1S/C75H134O6/c1-4-7-10-13-16-19-22-25-28-31-33-34-35-36-37-38-39-40-42-44-47-50-53-56-59-62-65-68-74(77)80-71-72(70-79-73(76)67-64-61-58-55-52-49-46-43-30-27-24-21-18-15-12-9-6-3)81-75(78)69-66-63-60-57-54-51-48-45-41-32-29-26-23-20-17-14-11-8-5-2/h9,12,18,21,27,30-31,33,46,49,55,58,72H,4-8,10-11,13-17,19-20,22-26,28-29,32,34-45,47-48,50-54,56-57,59-71H2,1-3H3/b12-9-,21-18-,30-27-,33-31-,49-46-,58-55-. The number of ether oxygens (including phenoxy) is 3. The van der Waals surface area contributed by atoms with Crippen molar-refractivity contribution in [3.05, 3.63) is 72.9 Å². The van der Waals surface area contributed by atoms with E-state index < -0.39 is 6.10 Å². The Morgan fingerprint density at radius 3 is 0.815 bits per heavy atom. The van der Waals surface area contributed by atoms with Crippen LogP contribution in [0.5, 0.6) is 0 Å². The predicted molar refractivity (Wildman–Crippen MR) is 353 cm³/mol. The van der Waals surface area contributed by atoms with Gasteiger partial charge in [0.2, 0.25) is 0 Å². The third kappa shape index (κ3) is 67.5. The van der Waals surface area contributed by atoms with Gasteiger partial charge in [-0.1, -0.05) is 338 Å². The lowest BCUT2D eigenvalue weighted by Gasteiger charge is -2.18. The third-order valence-corrected chi connectivity index (χ3v) is 15.7. The highest BCUT2D eigenvalue weighted by Crippen LogP contribution is 2.18. The molecule has 0 spiro atoms. The minimum Gasteiger partial charge on any atom is -0.462 e. The van der Waals surface area contributed by atoms with Crippen LogP contribution < -0.4 is 0 Å². The Kier molecular flexibility index (Phi) is 66.6. The highest BCUT2D eigenvalue weighted by molar-refractivity contribution is 5.71. The van der Waals surface area contributed by atoms with Gasteiger partial charge < -0.3 is 14.2 Å². The van der Waals surface area contributed by atoms with E-state index in [1.165, 1.54) is 244 Å². The maximum atomic E-state index is 12.9. The van der Waals surface area contributed by atoms with Crippen molar-refractivity contribution >= 4 is 17.9 Å². The molecule has 0 aliphatic carbocycles. The molecule has 0 amide bonds. The number of unbranched alkanes of at least 4 members (excludes halogenated alkanes) is 42. The number of hydrogen-bond donors (Lipinski definition) is 0. The minimum absolute atomic E-state index is 0.0889. The maximum absolute atomic E-state index is 12.9. The number of carbonyl (C=O) groups excluding carboxylic acids is 3. The summed E-state index contributed by atoms with van der Waals surface area (Å²) >= 11 is 0. The van der Waals surface area contributed by atoms with E-state index in [9.17, 15) is 14.4 Å². The van der Waals surface area contributed by atoms with Crippen LogP contribution in [-0.4, -0.2) is 37.2 Å². The van der Waals surface area contributed by atoms with E-state index in [-0.39, 0.29) is 37.5 Å². The van der Waals surface area contributed by atoms with Crippen LogP contribution >= 0.6 is 0 Å². The van der Waals surface area contributed by atoms with Crippen molar-refractivity contribution in [2.45, 2.75) is 374 Å². The zero-order valence-corrected chi connectivity index (χ0v) is 54.1. The molecule has 1 unspecified atom stereocenters. The van der Waals surface area contributed by atoms with Gasteiger partial charge in [0.25, 0.3) is 0 Å². The third-order valence-electron chi connectivity index (χ3n) is 15.7. The number of allylic oxidation sites excluding steroid dienone is 12. The van der Waals surface area contributed by atoms with Crippen LogP contribution in [0.3, 0.4) is 0 Å². The van der Waals surface area contributed by atoms with E-state index in [4.69, 9.17) is 14.2 Å². The zero-order valence-electron chi connectivity index (χ0n) is 54.1. The Hall–Kier alpha value is -3.15. The van der Waals surface area contributed by atoms with E-state index in [1.54, 1.807) is 0 Å². The molecule has 0 aromatic rings. The molecule has 1 atom stereocenters. The normalized spacial score (nSPS) is 12.5. The smallest absolute Gasteiger partial charge is 0.306 e. The first-order chi connectivity index (χ1) is 40.0. The van der Waals surface area contributed by atoms with E-state index in [0.29, 0.717) is 19.3 Å². The van der Waals surface area contributed by atoms with Crippen LogP contribution in [0, 0.1) is 0 Å². The van der Waals surface area contributed by atoms with Gasteiger partial charge in [-0.2, -0.15) is 0 Å². The molecule has 0 N–H and O–H groups in total. The first-order valence-corrected chi connectivity index (χ1v) is 35.4. The quantitative estimate of drug-likeness (QED) is 0.0261. The average Bonchev–Trinajstić information content (AvgIpc) is 3.47. The number of rotatable bonds is 65. The molecule has 0 aromatic heterocycles. The van der Waals surface area contributed by atoms with Crippen LogP contribution in [-0.2, 0) is 28.6 Å². The second kappa shape index (κ2) is 69.3. The number of esters is 3. The van der Waals surface area contributed by atoms with Gasteiger partial charge in [0.15, 0.2) is 6.10 Å². The first kappa shape index (κ1) is 77.9. The Labute approximate surface area is 503 Å². The molecule has 470 valence electrons. The molecule has 6 nitrogen and oxygen atoms in total. The predicted octanol–water partition coefficient (Wildman–Crippen LogP) is 24.4. The molecule has 0 heterocycles. The summed E-state index contributed by atoms with van der Waals surface area (Å²) in [5.74, 6) is -0.927. The summed E-state index contributed by atoms with van der Waals surface area (Å²) in [5.41, 5.74) is 0. The van der Waals surface area contributed by atoms with Crippen molar-refractivity contribution in [3.8, 4) is 0 Å². The van der Waals surface area contributed by atoms with Crippen molar-refractivity contribution in [2.75, 3.05) is 13.2 Å². The van der Waals surface area contributed by atoms with E-state index in [1.807, 2.05) is 0 Å². The highest BCUT2D eigenvalue weighted by atomic mass is 16.6. The van der Waals surface area contributed by atoms with Crippen molar-refractivity contribution in [3.63, 3.8) is 0 Å². The molecule has 81 heavy (non-hydrogen) atoms. The zero-order chi connectivity index (χ0) is 58.5. The number of carbonyl (C=O) groups is 3. The second-order valence-corrected chi connectivity index (χ2v) is 23.8. The summed E-state index contributed by atoms with van der Waals surface area (Å²) in [6, 6.07) is 0. The minimum atomic E-state index is -0.798. The maximum Gasteiger partial charge on any atom is 0.306 e. The molecule has 0 aliphatic heterocycles. The summed E-state index contributed by atoms with van der Waals surface area (Å²) < 4.78 is 16.9. The van der Waals surface area contributed by atoms with Gasteiger partial charge in [-0.3, -0.25) is 14.4 Å².